The quantitative estimate of drug-likeness (QED) is 0.177. The molecule has 0 saturated heterocycles. The van der Waals surface area contributed by atoms with Gasteiger partial charge in [0.15, 0.2) is 17.2 Å². The summed E-state index contributed by atoms with van der Waals surface area (Å²) in [5.74, 6) is -2.33. The molecule has 154 valence electrons. The second-order valence-corrected chi connectivity index (χ2v) is 6.59. The molecule has 0 aliphatic carbocycles. The standard InChI is InChI=1S/C19H30O5.C3H6/c1-2-3-4-5-6-7-8-9-10-11-12-24-19(23)15-13-16(20)18(22)17(21)14-15;1-3-2/h13-14,20-22H,2-12H2,1H3;3H,1H2,2H3. The second kappa shape index (κ2) is 16.0. The Bertz CT molecular complexity index is 516. The molecule has 1 aromatic carbocycles. The van der Waals surface area contributed by atoms with E-state index in [4.69, 9.17) is 4.74 Å². The molecule has 0 saturated carbocycles. The summed E-state index contributed by atoms with van der Waals surface area (Å²) in [6.45, 7) is 7.79. The average Bonchev–Trinajstić information content (AvgIpc) is 2.64. The summed E-state index contributed by atoms with van der Waals surface area (Å²) in [5.41, 5.74) is 0.0230. The molecule has 5 heteroatoms. The highest BCUT2D eigenvalue weighted by Crippen LogP contribution is 2.35. The number of unbranched alkanes of at least 4 members (excludes halogenated alkanes) is 9. The lowest BCUT2D eigenvalue weighted by Crippen LogP contribution is -2.06. The summed E-state index contributed by atoms with van der Waals surface area (Å²) in [5, 5.41) is 28.0. The van der Waals surface area contributed by atoms with Crippen LogP contribution < -0.4 is 0 Å². The Morgan fingerprint density at radius 2 is 1.33 bits per heavy atom. The SMILES string of the molecule is C=CC.CCCCCCCCCCCCOC(=O)c1cc(O)c(O)c(O)c1. The minimum absolute atomic E-state index is 0.0230. The van der Waals surface area contributed by atoms with Crippen LogP contribution in [-0.2, 0) is 4.74 Å². The zero-order valence-electron chi connectivity index (χ0n) is 16.9. The number of benzene rings is 1. The number of esters is 1. The lowest BCUT2D eigenvalue weighted by atomic mass is 10.1. The molecule has 0 aromatic heterocycles. The van der Waals surface area contributed by atoms with Gasteiger partial charge in [-0.1, -0.05) is 70.8 Å². The van der Waals surface area contributed by atoms with Crippen LogP contribution in [0.25, 0.3) is 0 Å². The number of rotatable bonds is 12. The van der Waals surface area contributed by atoms with Crippen LogP contribution in [0.2, 0.25) is 0 Å². The summed E-state index contributed by atoms with van der Waals surface area (Å²) < 4.78 is 5.11. The molecule has 0 heterocycles. The topological polar surface area (TPSA) is 87.0 Å². The monoisotopic (exact) mass is 380 g/mol. The zero-order valence-corrected chi connectivity index (χ0v) is 16.9. The Hall–Kier alpha value is -2.17. The van der Waals surface area contributed by atoms with Crippen molar-refractivity contribution >= 4 is 5.97 Å². The number of carbonyl (C=O) groups is 1. The smallest absolute Gasteiger partial charge is 0.338 e. The van der Waals surface area contributed by atoms with Crippen molar-refractivity contribution < 1.29 is 24.9 Å². The van der Waals surface area contributed by atoms with Gasteiger partial charge in [0.05, 0.1) is 12.2 Å². The number of allylic oxidation sites excluding steroid dienone is 1. The summed E-state index contributed by atoms with van der Waals surface area (Å²) >= 11 is 0. The Labute approximate surface area is 163 Å². The van der Waals surface area contributed by atoms with Crippen LogP contribution in [0.15, 0.2) is 24.8 Å². The van der Waals surface area contributed by atoms with E-state index in [0.717, 1.165) is 31.4 Å². The fraction of sp³-hybridized carbons (Fsp3) is 0.591. The first-order chi connectivity index (χ1) is 13.0. The number of carbonyl (C=O) groups excluding carboxylic acids is 1. The van der Waals surface area contributed by atoms with Crippen molar-refractivity contribution in [3.05, 3.63) is 30.4 Å². The van der Waals surface area contributed by atoms with E-state index in [1.165, 1.54) is 44.9 Å². The predicted molar refractivity (Wildman–Crippen MR) is 109 cm³/mol. The van der Waals surface area contributed by atoms with Gasteiger partial charge in [0.2, 0.25) is 0 Å². The van der Waals surface area contributed by atoms with Gasteiger partial charge in [0.25, 0.3) is 0 Å². The fourth-order valence-electron chi connectivity index (χ4n) is 2.56. The Morgan fingerprint density at radius 1 is 0.926 bits per heavy atom. The number of aromatic hydroxyl groups is 3. The van der Waals surface area contributed by atoms with Gasteiger partial charge < -0.3 is 20.1 Å². The van der Waals surface area contributed by atoms with Crippen LogP contribution in [-0.4, -0.2) is 27.9 Å². The predicted octanol–water partition coefficient (Wildman–Crippen LogP) is 6.07. The first kappa shape index (κ1) is 24.8. The van der Waals surface area contributed by atoms with Crippen molar-refractivity contribution in [1.29, 1.82) is 0 Å². The van der Waals surface area contributed by atoms with Gasteiger partial charge in [-0.2, -0.15) is 0 Å². The van der Waals surface area contributed by atoms with E-state index >= 15 is 0 Å². The van der Waals surface area contributed by atoms with Gasteiger partial charge in [-0.05, 0) is 25.5 Å². The molecule has 0 atom stereocenters. The molecule has 0 radical (unpaired) electrons. The van der Waals surface area contributed by atoms with Gasteiger partial charge in [-0.15, -0.1) is 6.58 Å². The van der Waals surface area contributed by atoms with E-state index < -0.39 is 23.2 Å². The maximum atomic E-state index is 11.8. The summed E-state index contributed by atoms with van der Waals surface area (Å²) in [4.78, 5) is 11.8. The third-order valence-electron chi connectivity index (χ3n) is 4.04. The third-order valence-corrected chi connectivity index (χ3v) is 4.04. The number of phenolic OH excluding ortho intramolecular Hbond substituents is 3. The molecule has 0 bridgehead atoms. The lowest BCUT2D eigenvalue weighted by molar-refractivity contribution is 0.0496. The van der Waals surface area contributed by atoms with Crippen LogP contribution >= 0.6 is 0 Å². The van der Waals surface area contributed by atoms with E-state index in [9.17, 15) is 20.1 Å². The largest absolute Gasteiger partial charge is 0.504 e. The van der Waals surface area contributed by atoms with Crippen LogP contribution in [0.3, 0.4) is 0 Å². The Balaban J connectivity index is 0.00000210. The summed E-state index contributed by atoms with van der Waals surface area (Å²) in [6.07, 6.45) is 13.8. The molecule has 27 heavy (non-hydrogen) atoms. The zero-order chi connectivity index (χ0) is 20.5. The van der Waals surface area contributed by atoms with E-state index in [1.54, 1.807) is 6.08 Å². The van der Waals surface area contributed by atoms with Gasteiger partial charge in [-0.3, -0.25) is 0 Å². The molecule has 3 N–H and O–H groups in total. The minimum Gasteiger partial charge on any atom is -0.504 e. The van der Waals surface area contributed by atoms with Crippen LogP contribution in [0, 0.1) is 0 Å². The Kier molecular flexibility index (Phi) is 14.7. The van der Waals surface area contributed by atoms with Crippen molar-refractivity contribution in [2.75, 3.05) is 6.61 Å². The third kappa shape index (κ3) is 11.9. The first-order valence-corrected chi connectivity index (χ1v) is 9.97. The van der Waals surface area contributed by atoms with Crippen molar-refractivity contribution in [1.82, 2.24) is 0 Å². The number of ether oxygens (including phenoxy) is 1. The number of phenols is 3. The second-order valence-electron chi connectivity index (χ2n) is 6.59. The van der Waals surface area contributed by atoms with Crippen molar-refractivity contribution in [3.8, 4) is 17.2 Å². The van der Waals surface area contributed by atoms with Crippen molar-refractivity contribution in [2.45, 2.75) is 78.1 Å². The molecule has 0 spiro atoms. The van der Waals surface area contributed by atoms with Gasteiger partial charge >= 0.3 is 5.97 Å². The summed E-state index contributed by atoms with van der Waals surface area (Å²) in [6, 6.07) is 2.16. The molecular formula is C22H36O5. The minimum atomic E-state index is -0.638. The van der Waals surface area contributed by atoms with E-state index in [0.29, 0.717) is 6.61 Å². The van der Waals surface area contributed by atoms with Gasteiger partial charge in [0.1, 0.15) is 0 Å². The van der Waals surface area contributed by atoms with Gasteiger partial charge in [0, 0.05) is 0 Å². The van der Waals surface area contributed by atoms with Crippen LogP contribution in [0.5, 0.6) is 17.2 Å². The van der Waals surface area contributed by atoms with Crippen molar-refractivity contribution in [2.24, 2.45) is 0 Å². The molecule has 0 unspecified atom stereocenters. The highest BCUT2D eigenvalue weighted by molar-refractivity contribution is 5.91. The summed E-state index contributed by atoms with van der Waals surface area (Å²) in [7, 11) is 0. The number of hydrogen-bond donors (Lipinski definition) is 3. The fourth-order valence-corrected chi connectivity index (χ4v) is 2.56. The lowest BCUT2D eigenvalue weighted by Gasteiger charge is -2.07. The van der Waals surface area contributed by atoms with Gasteiger partial charge in [-0.25, -0.2) is 4.79 Å². The number of hydrogen-bond acceptors (Lipinski definition) is 5. The maximum absolute atomic E-state index is 11.8. The van der Waals surface area contributed by atoms with Crippen LogP contribution in [0.1, 0.15) is 88.4 Å². The van der Waals surface area contributed by atoms with E-state index in [1.807, 2.05) is 6.92 Å². The molecule has 0 amide bonds. The highest BCUT2D eigenvalue weighted by Gasteiger charge is 2.14. The first-order valence-electron chi connectivity index (χ1n) is 9.97. The normalized spacial score (nSPS) is 10.0. The molecule has 0 fully saturated rings. The van der Waals surface area contributed by atoms with Crippen molar-refractivity contribution in [3.63, 3.8) is 0 Å². The molecular weight excluding hydrogens is 344 g/mol. The van der Waals surface area contributed by atoms with E-state index in [-0.39, 0.29) is 5.56 Å². The molecule has 0 aliphatic heterocycles. The highest BCUT2D eigenvalue weighted by atomic mass is 16.5. The molecule has 0 aliphatic rings. The average molecular weight is 381 g/mol. The maximum Gasteiger partial charge on any atom is 0.338 e. The van der Waals surface area contributed by atoms with Crippen LogP contribution in [0.4, 0.5) is 0 Å². The molecule has 5 nitrogen and oxygen atoms in total. The Morgan fingerprint density at radius 3 is 1.78 bits per heavy atom. The van der Waals surface area contributed by atoms with E-state index in [2.05, 4.69) is 13.5 Å². The molecule has 1 rings (SSSR count). The molecule has 1 aromatic rings.